The number of carbonyl (C=O) groups excluding carboxylic acids is 1. The highest BCUT2D eigenvalue weighted by Gasteiger charge is 2.44. The maximum Gasteiger partial charge on any atom is 0.252 e. The average molecular weight is 454 g/mol. The van der Waals surface area contributed by atoms with Crippen molar-refractivity contribution in [3.63, 3.8) is 0 Å². The molecule has 9 heteroatoms. The summed E-state index contributed by atoms with van der Waals surface area (Å²) in [5.41, 5.74) is 1.68. The van der Waals surface area contributed by atoms with E-state index in [0.29, 0.717) is 52.8 Å². The molecule has 2 aliphatic heterocycles. The number of thiophene rings is 1. The third-order valence-electron chi connectivity index (χ3n) is 5.73. The molecule has 0 bridgehead atoms. The average Bonchev–Trinajstić information content (AvgIpc) is 3.39. The summed E-state index contributed by atoms with van der Waals surface area (Å²) in [5.74, 6) is 0.635. The minimum Gasteiger partial charge on any atom is -0.326 e. The number of amides is 1. The molecule has 0 saturated carbocycles. The summed E-state index contributed by atoms with van der Waals surface area (Å²) in [6, 6.07) is 8.93. The second-order valence-corrected chi connectivity index (χ2v) is 11.3. The molecule has 156 valence electrons. The van der Waals surface area contributed by atoms with Gasteiger partial charge in [0.1, 0.15) is 4.21 Å². The molecule has 4 rings (SSSR count). The van der Waals surface area contributed by atoms with E-state index in [2.05, 4.69) is 10.2 Å². The second-order valence-electron chi connectivity index (χ2n) is 7.80. The molecule has 2 aromatic rings. The van der Waals surface area contributed by atoms with Crippen molar-refractivity contribution in [1.82, 2.24) is 9.21 Å². The number of aryl methyl sites for hydroxylation is 1. The lowest BCUT2D eigenvalue weighted by Crippen LogP contribution is -2.34. The lowest BCUT2D eigenvalue weighted by Gasteiger charge is -2.20. The topological polar surface area (TPSA) is 69.7 Å². The molecular formula is C20H24ClN3O3S2. The summed E-state index contributed by atoms with van der Waals surface area (Å²) < 4.78 is 27.4. The van der Waals surface area contributed by atoms with Gasteiger partial charge in [-0.2, -0.15) is 4.31 Å². The van der Waals surface area contributed by atoms with Crippen LogP contribution < -0.4 is 5.32 Å². The molecule has 1 amide bonds. The summed E-state index contributed by atoms with van der Waals surface area (Å²) in [7, 11) is -3.36. The molecule has 2 unspecified atom stereocenters. The Morgan fingerprint density at radius 1 is 1.21 bits per heavy atom. The molecule has 1 aromatic heterocycles. The van der Waals surface area contributed by atoms with Crippen LogP contribution in [0.2, 0.25) is 5.02 Å². The van der Waals surface area contributed by atoms with Crippen LogP contribution in [0, 0.1) is 18.8 Å². The fourth-order valence-electron chi connectivity index (χ4n) is 4.12. The van der Waals surface area contributed by atoms with Gasteiger partial charge < -0.3 is 10.2 Å². The van der Waals surface area contributed by atoms with Gasteiger partial charge in [0.25, 0.3) is 10.0 Å². The van der Waals surface area contributed by atoms with Crippen LogP contribution >= 0.6 is 22.9 Å². The first-order valence-corrected chi connectivity index (χ1v) is 12.3. The van der Waals surface area contributed by atoms with Crippen molar-refractivity contribution >= 4 is 44.6 Å². The Hall–Kier alpha value is -1.45. The van der Waals surface area contributed by atoms with Crippen LogP contribution in [0.1, 0.15) is 12.0 Å². The summed E-state index contributed by atoms with van der Waals surface area (Å²) in [6.07, 6.45) is 0.405. The van der Waals surface area contributed by atoms with E-state index in [9.17, 15) is 13.2 Å². The quantitative estimate of drug-likeness (QED) is 0.728. The van der Waals surface area contributed by atoms with Crippen molar-refractivity contribution < 1.29 is 13.2 Å². The Kier molecular flexibility index (Phi) is 5.99. The summed E-state index contributed by atoms with van der Waals surface area (Å²) in [5, 5.41) is 5.32. The maximum absolute atomic E-state index is 12.7. The van der Waals surface area contributed by atoms with Gasteiger partial charge in [-0.05, 0) is 47.9 Å². The van der Waals surface area contributed by atoms with Crippen molar-refractivity contribution in [3.05, 3.63) is 46.3 Å². The molecule has 0 spiro atoms. The van der Waals surface area contributed by atoms with Crippen molar-refractivity contribution in [1.29, 1.82) is 0 Å². The van der Waals surface area contributed by atoms with Gasteiger partial charge in [0.15, 0.2) is 0 Å². The van der Waals surface area contributed by atoms with Crippen LogP contribution in [0.5, 0.6) is 0 Å². The molecular weight excluding hydrogens is 430 g/mol. The van der Waals surface area contributed by atoms with Crippen molar-refractivity contribution in [2.45, 2.75) is 17.6 Å². The number of benzene rings is 1. The molecule has 2 fully saturated rings. The standard InChI is InChI=1S/C20H24ClN3O3S2/c1-14-4-5-17(9-18(14)21)22-19(25)6-7-23-10-15-12-24(13-16(15)11-23)29(26,27)20-3-2-8-28-20/h2-5,8-9,15-16H,6-7,10-13H2,1H3,(H,22,25). The van der Waals surface area contributed by atoms with Crippen LogP contribution in [0.15, 0.2) is 39.9 Å². The van der Waals surface area contributed by atoms with Gasteiger partial charge in [-0.25, -0.2) is 8.42 Å². The number of carbonyl (C=O) groups is 1. The van der Waals surface area contributed by atoms with Crippen LogP contribution in [-0.4, -0.2) is 56.3 Å². The van der Waals surface area contributed by atoms with Gasteiger partial charge in [-0.15, -0.1) is 11.3 Å². The maximum atomic E-state index is 12.7. The van der Waals surface area contributed by atoms with E-state index >= 15 is 0 Å². The van der Waals surface area contributed by atoms with E-state index in [1.54, 1.807) is 27.9 Å². The number of likely N-dealkylation sites (tertiary alicyclic amines) is 1. The Bertz CT molecular complexity index is 980. The second kappa shape index (κ2) is 8.35. The number of rotatable bonds is 6. The van der Waals surface area contributed by atoms with Crippen LogP contribution in [0.4, 0.5) is 5.69 Å². The summed E-state index contributed by atoms with van der Waals surface area (Å²) in [4.78, 5) is 14.5. The SMILES string of the molecule is Cc1ccc(NC(=O)CCN2CC3CN(S(=O)(=O)c4cccs4)CC3C2)cc1Cl. The number of fused-ring (bicyclic) bond motifs is 1. The van der Waals surface area contributed by atoms with E-state index in [-0.39, 0.29) is 5.91 Å². The molecule has 2 atom stereocenters. The Morgan fingerprint density at radius 2 is 1.93 bits per heavy atom. The first kappa shape index (κ1) is 20.8. The van der Waals surface area contributed by atoms with E-state index in [0.717, 1.165) is 18.7 Å². The molecule has 1 N–H and O–H groups in total. The molecule has 29 heavy (non-hydrogen) atoms. The fourth-order valence-corrected chi connectivity index (χ4v) is 7.00. The normalized spacial score (nSPS) is 22.7. The molecule has 0 aliphatic carbocycles. The van der Waals surface area contributed by atoms with Gasteiger partial charge in [0.05, 0.1) is 0 Å². The van der Waals surface area contributed by atoms with Crippen LogP contribution in [0.25, 0.3) is 0 Å². The number of sulfonamides is 1. The van der Waals surface area contributed by atoms with Gasteiger partial charge >= 0.3 is 0 Å². The molecule has 2 aliphatic rings. The Labute approximate surface area is 180 Å². The van der Waals surface area contributed by atoms with E-state index in [1.165, 1.54) is 11.3 Å². The number of hydrogen-bond acceptors (Lipinski definition) is 5. The zero-order valence-electron chi connectivity index (χ0n) is 16.2. The van der Waals surface area contributed by atoms with E-state index < -0.39 is 10.0 Å². The third-order valence-corrected chi connectivity index (χ3v) is 9.34. The number of hydrogen-bond donors (Lipinski definition) is 1. The summed E-state index contributed by atoms with van der Waals surface area (Å²) in [6.45, 7) is 5.40. The smallest absolute Gasteiger partial charge is 0.252 e. The largest absolute Gasteiger partial charge is 0.326 e. The predicted molar refractivity (Wildman–Crippen MR) is 116 cm³/mol. The third kappa shape index (κ3) is 4.51. The zero-order chi connectivity index (χ0) is 20.6. The van der Waals surface area contributed by atoms with Gasteiger partial charge in [0.2, 0.25) is 5.91 Å². The van der Waals surface area contributed by atoms with Gasteiger partial charge in [-0.1, -0.05) is 23.7 Å². The summed E-state index contributed by atoms with van der Waals surface area (Å²) >= 11 is 7.37. The number of anilines is 1. The number of halogens is 1. The fraction of sp³-hybridized carbons (Fsp3) is 0.450. The monoisotopic (exact) mass is 453 g/mol. The highest BCUT2D eigenvalue weighted by Crippen LogP contribution is 2.35. The van der Waals surface area contributed by atoms with Crippen LogP contribution in [-0.2, 0) is 14.8 Å². The molecule has 0 radical (unpaired) electrons. The van der Waals surface area contributed by atoms with E-state index in [1.807, 2.05) is 19.1 Å². The van der Waals surface area contributed by atoms with Crippen LogP contribution in [0.3, 0.4) is 0 Å². The van der Waals surface area contributed by atoms with Crippen molar-refractivity contribution in [2.75, 3.05) is 38.0 Å². The first-order valence-electron chi connectivity index (χ1n) is 9.65. The van der Waals surface area contributed by atoms with E-state index in [4.69, 9.17) is 11.6 Å². The number of nitrogens with zero attached hydrogens (tertiary/aromatic N) is 2. The molecule has 2 saturated heterocycles. The number of nitrogens with one attached hydrogen (secondary N) is 1. The highest BCUT2D eigenvalue weighted by atomic mass is 35.5. The van der Waals surface area contributed by atoms with Gasteiger partial charge in [0, 0.05) is 49.9 Å². The first-order chi connectivity index (χ1) is 13.8. The zero-order valence-corrected chi connectivity index (χ0v) is 18.6. The molecule has 1 aromatic carbocycles. The molecule has 3 heterocycles. The van der Waals surface area contributed by atoms with Crippen molar-refractivity contribution in [2.24, 2.45) is 11.8 Å². The minimum atomic E-state index is -3.36. The van der Waals surface area contributed by atoms with Gasteiger partial charge in [-0.3, -0.25) is 4.79 Å². The minimum absolute atomic E-state index is 0.0381. The predicted octanol–water partition coefficient (Wildman–Crippen LogP) is 3.29. The molecule has 6 nitrogen and oxygen atoms in total. The lowest BCUT2D eigenvalue weighted by molar-refractivity contribution is -0.116. The lowest BCUT2D eigenvalue weighted by atomic mass is 10.0. The van der Waals surface area contributed by atoms with Crippen molar-refractivity contribution in [3.8, 4) is 0 Å². The Balaban J connectivity index is 1.26. The Morgan fingerprint density at radius 3 is 2.55 bits per heavy atom. The highest BCUT2D eigenvalue weighted by molar-refractivity contribution is 7.91.